The van der Waals surface area contributed by atoms with Crippen molar-refractivity contribution in [3.63, 3.8) is 0 Å². The van der Waals surface area contributed by atoms with E-state index in [2.05, 4.69) is 50.2 Å². The van der Waals surface area contributed by atoms with Crippen molar-refractivity contribution in [3.05, 3.63) is 58.7 Å². The second kappa shape index (κ2) is 14.5. The van der Waals surface area contributed by atoms with Gasteiger partial charge in [0, 0.05) is 16.5 Å². The number of aliphatic hydroxyl groups is 2. The lowest BCUT2D eigenvalue weighted by molar-refractivity contribution is 0.193. The Labute approximate surface area is 212 Å². The van der Waals surface area contributed by atoms with Gasteiger partial charge in [-0.3, -0.25) is 0 Å². The van der Waals surface area contributed by atoms with E-state index in [1.54, 1.807) is 0 Å². The molecule has 0 spiro atoms. The first-order valence-electron chi connectivity index (χ1n) is 13.8. The first-order valence-corrected chi connectivity index (χ1v) is 13.8. The van der Waals surface area contributed by atoms with Gasteiger partial charge in [0.15, 0.2) is 0 Å². The van der Waals surface area contributed by atoms with Gasteiger partial charge in [0.2, 0.25) is 0 Å². The molecule has 0 aliphatic heterocycles. The lowest BCUT2D eigenvalue weighted by atomic mass is 9.66. The molecule has 1 aliphatic rings. The molecule has 194 valence electrons. The minimum Gasteiger partial charge on any atom is -0.491 e. The largest absolute Gasteiger partial charge is 0.491 e. The lowest BCUT2D eigenvalue weighted by Crippen LogP contribution is -2.30. The topological polar surface area (TPSA) is 58.9 Å². The number of para-hydroxylation sites is 2. The van der Waals surface area contributed by atoms with Gasteiger partial charge in [-0.25, -0.2) is 0 Å². The van der Waals surface area contributed by atoms with Crippen LogP contribution in [0.3, 0.4) is 0 Å². The van der Waals surface area contributed by atoms with E-state index in [0.29, 0.717) is 0 Å². The first kappa shape index (κ1) is 27.5. The van der Waals surface area contributed by atoms with Crippen LogP contribution < -0.4 is 9.47 Å². The van der Waals surface area contributed by atoms with Crippen LogP contribution >= 0.6 is 0 Å². The average Bonchev–Trinajstić information content (AvgIpc) is 2.88. The van der Waals surface area contributed by atoms with E-state index in [0.717, 1.165) is 48.3 Å². The van der Waals surface area contributed by atoms with Crippen molar-refractivity contribution >= 4 is 0 Å². The van der Waals surface area contributed by atoms with Crippen molar-refractivity contribution in [1.82, 2.24) is 0 Å². The van der Waals surface area contributed by atoms with Crippen molar-refractivity contribution in [1.29, 1.82) is 0 Å². The summed E-state index contributed by atoms with van der Waals surface area (Å²) < 4.78 is 12.5. The van der Waals surface area contributed by atoms with E-state index in [1.165, 1.54) is 62.5 Å². The molecule has 0 bridgehead atoms. The molecule has 1 saturated carbocycles. The maximum atomic E-state index is 9.55. The van der Waals surface area contributed by atoms with E-state index in [1.807, 2.05) is 0 Å². The summed E-state index contributed by atoms with van der Waals surface area (Å²) in [4.78, 5) is 0. The minimum absolute atomic E-state index is 0.00389. The summed E-state index contributed by atoms with van der Waals surface area (Å²) in [6.07, 6.45) is 14.8. The summed E-state index contributed by atoms with van der Waals surface area (Å²) in [5.74, 6) is 1.81. The molecule has 1 aliphatic carbocycles. The fourth-order valence-electron chi connectivity index (χ4n) is 5.81. The molecule has 35 heavy (non-hydrogen) atoms. The Morgan fingerprint density at radius 2 is 0.971 bits per heavy atom. The van der Waals surface area contributed by atoms with Gasteiger partial charge in [-0.15, -0.1) is 0 Å². The van der Waals surface area contributed by atoms with Gasteiger partial charge < -0.3 is 19.7 Å². The predicted octanol–water partition coefficient (Wildman–Crippen LogP) is 7.03. The summed E-state index contributed by atoms with van der Waals surface area (Å²) >= 11 is 0. The molecule has 0 radical (unpaired) electrons. The van der Waals surface area contributed by atoms with Crippen LogP contribution in [0.25, 0.3) is 0 Å². The molecule has 0 heterocycles. The standard InChI is InChI=1S/C31H46O4/c1-25-15-13-17-27(29(25)34-23-21-32)31(28-18-14-16-26(2)30(28)35-24-22-33)19-11-9-7-5-3-4-6-8-10-12-20-31/h13-18,32-33H,3-12,19-24H2,1-2H3. The third-order valence-corrected chi connectivity index (χ3v) is 7.59. The van der Waals surface area contributed by atoms with Crippen LogP contribution in [0.5, 0.6) is 11.5 Å². The van der Waals surface area contributed by atoms with Crippen molar-refractivity contribution in [2.75, 3.05) is 26.4 Å². The van der Waals surface area contributed by atoms with Crippen molar-refractivity contribution in [2.24, 2.45) is 0 Å². The highest BCUT2D eigenvalue weighted by Gasteiger charge is 2.39. The van der Waals surface area contributed by atoms with Crippen molar-refractivity contribution in [3.8, 4) is 11.5 Å². The fraction of sp³-hybridized carbons (Fsp3) is 0.613. The van der Waals surface area contributed by atoms with Crippen LogP contribution in [0.15, 0.2) is 36.4 Å². The second-order valence-electron chi connectivity index (χ2n) is 10.2. The SMILES string of the molecule is Cc1cccc(C2(c3cccc(C)c3OCCO)CCCCCCCCCCCC2)c1OCCO. The van der Waals surface area contributed by atoms with Gasteiger partial charge in [-0.1, -0.05) is 101 Å². The number of hydrogen-bond acceptors (Lipinski definition) is 4. The second-order valence-corrected chi connectivity index (χ2v) is 10.2. The van der Waals surface area contributed by atoms with E-state index in [-0.39, 0.29) is 31.8 Å². The zero-order chi connectivity index (χ0) is 24.9. The zero-order valence-electron chi connectivity index (χ0n) is 22.0. The third-order valence-electron chi connectivity index (χ3n) is 7.59. The van der Waals surface area contributed by atoms with Crippen LogP contribution in [-0.4, -0.2) is 36.6 Å². The smallest absolute Gasteiger partial charge is 0.126 e. The quantitative estimate of drug-likeness (QED) is 0.424. The van der Waals surface area contributed by atoms with Crippen LogP contribution in [0.2, 0.25) is 0 Å². The predicted molar refractivity (Wildman–Crippen MR) is 144 cm³/mol. The highest BCUT2D eigenvalue weighted by molar-refractivity contribution is 5.56. The Balaban J connectivity index is 2.18. The van der Waals surface area contributed by atoms with E-state index < -0.39 is 0 Å². The van der Waals surface area contributed by atoms with Crippen molar-refractivity contribution < 1.29 is 19.7 Å². The monoisotopic (exact) mass is 482 g/mol. The molecule has 4 heteroatoms. The molecule has 4 nitrogen and oxygen atoms in total. The molecule has 0 unspecified atom stereocenters. The summed E-state index contributed by atoms with van der Waals surface area (Å²) in [6.45, 7) is 4.77. The Morgan fingerprint density at radius 3 is 1.34 bits per heavy atom. The van der Waals surface area contributed by atoms with Crippen molar-refractivity contribution in [2.45, 2.75) is 96.3 Å². The summed E-state index contributed by atoms with van der Waals surface area (Å²) in [6, 6.07) is 12.9. The Bertz CT molecular complexity index is 818. The summed E-state index contributed by atoms with van der Waals surface area (Å²) in [5, 5.41) is 19.1. The molecule has 0 aromatic heterocycles. The summed E-state index contributed by atoms with van der Waals surface area (Å²) in [5.41, 5.74) is 4.37. The number of benzene rings is 2. The Kier molecular flexibility index (Phi) is 11.4. The number of rotatable bonds is 8. The molecule has 2 aromatic rings. The Hall–Kier alpha value is -2.04. The molecular formula is C31H46O4. The highest BCUT2D eigenvalue weighted by Crippen LogP contribution is 2.50. The van der Waals surface area contributed by atoms with E-state index in [9.17, 15) is 10.2 Å². The lowest BCUT2D eigenvalue weighted by Gasteiger charge is -2.38. The average molecular weight is 483 g/mol. The van der Waals surface area contributed by atoms with Crippen LogP contribution in [0.4, 0.5) is 0 Å². The van der Waals surface area contributed by atoms with Crippen LogP contribution in [-0.2, 0) is 5.41 Å². The third kappa shape index (κ3) is 7.24. The molecule has 0 saturated heterocycles. The maximum Gasteiger partial charge on any atom is 0.126 e. The number of aryl methyl sites for hydroxylation is 2. The number of aliphatic hydroxyl groups excluding tert-OH is 2. The molecule has 0 atom stereocenters. The minimum atomic E-state index is -0.248. The Morgan fingerprint density at radius 1 is 0.600 bits per heavy atom. The van der Waals surface area contributed by atoms with Gasteiger partial charge >= 0.3 is 0 Å². The van der Waals surface area contributed by atoms with Crippen LogP contribution in [0.1, 0.15) is 99.3 Å². The van der Waals surface area contributed by atoms with Gasteiger partial charge in [0.1, 0.15) is 24.7 Å². The van der Waals surface area contributed by atoms with Gasteiger partial charge in [0.05, 0.1) is 13.2 Å². The highest BCUT2D eigenvalue weighted by atomic mass is 16.5. The molecule has 0 amide bonds. The first-order chi connectivity index (χ1) is 17.1. The molecule has 3 rings (SSSR count). The van der Waals surface area contributed by atoms with Crippen LogP contribution in [0, 0.1) is 13.8 Å². The molecular weight excluding hydrogens is 436 g/mol. The molecule has 1 fully saturated rings. The maximum absolute atomic E-state index is 9.55. The van der Waals surface area contributed by atoms with Gasteiger partial charge in [-0.05, 0) is 37.8 Å². The molecule has 2 N–H and O–H groups in total. The zero-order valence-corrected chi connectivity index (χ0v) is 22.0. The van der Waals surface area contributed by atoms with E-state index in [4.69, 9.17) is 9.47 Å². The fourth-order valence-corrected chi connectivity index (χ4v) is 5.81. The van der Waals surface area contributed by atoms with Gasteiger partial charge in [-0.2, -0.15) is 0 Å². The number of ether oxygens (including phenoxy) is 2. The number of hydrogen-bond donors (Lipinski definition) is 2. The molecule has 2 aromatic carbocycles. The van der Waals surface area contributed by atoms with Gasteiger partial charge in [0.25, 0.3) is 0 Å². The normalized spacial score (nSPS) is 17.6. The summed E-state index contributed by atoms with van der Waals surface area (Å²) in [7, 11) is 0. The van der Waals surface area contributed by atoms with E-state index >= 15 is 0 Å².